The largest absolute Gasteiger partial charge is 0.468 e. The van der Waals surface area contributed by atoms with E-state index in [0.717, 1.165) is 56.1 Å². The Labute approximate surface area is 226 Å². The highest BCUT2D eigenvalue weighted by atomic mass is 16.5. The molecule has 0 aliphatic carbocycles. The summed E-state index contributed by atoms with van der Waals surface area (Å²) in [4.78, 5) is 21.9. The molecule has 1 saturated heterocycles. The van der Waals surface area contributed by atoms with Gasteiger partial charge in [-0.1, -0.05) is 46.6 Å². The molecule has 2 heterocycles. The normalized spacial score (nSPS) is 15.1. The first kappa shape index (κ1) is 29.4. The van der Waals surface area contributed by atoms with E-state index in [1.54, 1.807) is 0 Å². The molecular weight excluding hydrogens is 462 g/mol. The first-order valence-electron chi connectivity index (χ1n) is 14.6. The summed E-state index contributed by atoms with van der Waals surface area (Å²) in [5.74, 6) is 1.89. The summed E-state index contributed by atoms with van der Waals surface area (Å²) in [5, 5.41) is 3.23. The van der Waals surface area contributed by atoms with Gasteiger partial charge in [0.05, 0.1) is 18.1 Å². The zero-order valence-electron chi connectivity index (χ0n) is 24.1. The second-order valence-corrected chi connectivity index (χ2v) is 11.6. The lowest BCUT2D eigenvalue weighted by atomic mass is 10.1. The zero-order chi connectivity index (χ0) is 26.6. The van der Waals surface area contributed by atoms with Gasteiger partial charge >= 0.3 is 5.97 Å². The van der Waals surface area contributed by atoms with E-state index < -0.39 is 0 Å². The quantitative estimate of drug-likeness (QED) is 0.292. The van der Waals surface area contributed by atoms with E-state index in [2.05, 4.69) is 65.6 Å². The van der Waals surface area contributed by atoms with Gasteiger partial charge in [-0.2, -0.15) is 0 Å². The van der Waals surface area contributed by atoms with Gasteiger partial charge < -0.3 is 19.5 Å². The molecule has 3 rings (SSSR count). The molecular formula is C30H53N5O2. The second-order valence-electron chi connectivity index (χ2n) is 11.6. The van der Waals surface area contributed by atoms with Crippen LogP contribution in [0.25, 0.3) is 11.0 Å². The van der Waals surface area contributed by atoms with Crippen molar-refractivity contribution < 1.29 is 11.0 Å². The van der Waals surface area contributed by atoms with E-state index in [4.69, 9.17) is 9.72 Å². The molecule has 1 N–H and O–H groups in total. The van der Waals surface area contributed by atoms with Crippen LogP contribution >= 0.6 is 0 Å². The molecule has 0 saturated carbocycles. The van der Waals surface area contributed by atoms with Crippen molar-refractivity contribution in [3.8, 4) is 0 Å². The van der Waals surface area contributed by atoms with Crippen molar-refractivity contribution in [1.82, 2.24) is 19.4 Å². The monoisotopic (exact) mass is 515 g/mol. The van der Waals surface area contributed by atoms with E-state index in [9.17, 15) is 4.79 Å². The minimum atomic E-state index is -0.283. The summed E-state index contributed by atoms with van der Waals surface area (Å²) in [7, 11) is 1.42. The topological polar surface area (TPSA) is 62.6 Å². The summed E-state index contributed by atoms with van der Waals surface area (Å²) in [6.07, 6.45) is 8.85. The maximum Gasteiger partial charge on any atom is 0.325 e. The Morgan fingerprint density at radius 1 is 1.05 bits per heavy atom. The van der Waals surface area contributed by atoms with Gasteiger partial charge in [0, 0.05) is 14.5 Å². The Bertz CT molecular complexity index is 942. The molecule has 210 valence electrons. The zero-order valence-corrected chi connectivity index (χ0v) is 24.1. The number of anilines is 1. The van der Waals surface area contributed by atoms with Crippen LogP contribution in [0.3, 0.4) is 0 Å². The number of fused-ring (bicyclic) bond motifs is 1. The smallest absolute Gasteiger partial charge is 0.325 e. The maximum atomic E-state index is 11.8. The van der Waals surface area contributed by atoms with Crippen LogP contribution in [-0.4, -0.2) is 71.7 Å². The van der Waals surface area contributed by atoms with E-state index in [1.807, 2.05) is 0 Å². The van der Waals surface area contributed by atoms with Gasteiger partial charge in [0.2, 0.25) is 5.95 Å². The van der Waals surface area contributed by atoms with E-state index in [-0.39, 0.29) is 13.9 Å². The number of methoxy groups -OCH3 is 1. The highest BCUT2D eigenvalue weighted by Gasteiger charge is 2.16. The summed E-state index contributed by atoms with van der Waals surface area (Å²) in [6.45, 7) is 17.0. The minimum Gasteiger partial charge on any atom is -0.468 e. The highest BCUT2D eigenvalue weighted by molar-refractivity contribution is 5.81. The summed E-state index contributed by atoms with van der Waals surface area (Å²) in [6, 6.07) is 6.68. The van der Waals surface area contributed by atoms with Gasteiger partial charge in [-0.3, -0.25) is 9.69 Å². The van der Waals surface area contributed by atoms with Crippen LogP contribution in [-0.2, 0) is 22.6 Å². The van der Waals surface area contributed by atoms with E-state index in [1.165, 1.54) is 64.3 Å². The lowest BCUT2D eigenvalue weighted by Crippen LogP contribution is -2.27. The molecule has 37 heavy (non-hydrogen) atoms. The van der Waals surface area contributed by atoms with Crippen LogP contribution in [0.2, 0.25) is 0 Å². The Morgan fingerprint density at radius 2 is 1.73 bits per heavy atom. The molecule has 0 spiro atoms. The van der Waals surface area contributed by atoms with E-state index in [0.29, 0.717) is 11.8 Å². The lowest BCUT2D eigenvalue weighted by molar-refractivity contribution is -0.138. The van der Waals surface area contributed by atoms with Gasteiger partial charge in [-0.15, -0.1) is 0 Å². The maximum absolute atomic E-state index is 11.8. The van der Waals surface area contributed by atoms with Crippen molar-refractivity contribution in [3.05, 3.63) is 23.8 Å². The molecule has 0 unspecified atom stereocenters. The van der Waals surface area contributed by atoms with Crippen LogP contribution in [0.5, 0.6) is 0 Å². The number of hydrogen-bond donors (Lipinski definition) is 1. The van der Waals surface area contributed by atoms with Crippen LogP contribution in [0, 0.1) is 11.8 Å². The second kappa shape index (κ2) is 15.3. The number of esters is 1. The Hall–Kier alpha value is -2.12. The minimum absolute atomic E-state index is 0. The summed E-state index contributed by atoms with van der Waals surface area (Å²) in [5.41, 5.74) is 3.45. The van der Waals surface area contributed by atoms with E-state index >= 15 is 0 Å². The SMILES string of the molecule is COC(=O)CNc1nc2ccc(CN(CCC(C)C)CCC(C)C)cc2n1CCCN1CCCCCC1.[HH]. The van der Waals surface area contributed by atoms with Gasteiger partial charge in [0.1, 0.15) is 6.54 Å². The van der Waals surface area contributed by atoms with Gasteiger partial charge in [-0.05, 0) is 94.4 Å². The predicted octanol–water partition coefficient (Wildman–Crippen LogP) is 6.03. The molecule has 0 radical (unpaired) electrons. The third-order valence-electron chi connectivity index (χ3n) is 7.44. The Balaban J connectivity index is 0.00000507. The van der Waals surface area contributed by atoms with Crippen molar-refractivity contribution in [2.75, 3.05) is 51.7 Å². The van der Waals surface area contributed by atoms with Crippen LogP contribution in [0.15, 0.2) is 18.2 Å². The molecule has 1 aromatic carbocycles. The first-order valence-corrected chi connectivity index (χ1v) is 14.6. The number of hydrogen-bond acceptors (Lipinski definition) is 6. The van der Waals surface area contributed by atoms with Crippen molar-refractivity contribution in [1.29, 1.82) is 0 Å². The van der Waals surface area contributed by atoms with Crippen molar-refractivity contribution >= 4 is 23.0 Å². The lowest BCUT2D eigenvalue weighted by Gasteiger charge is -2.24. The van der Waals surface area contributed by atoms with Crippen molar-refractivity contribution in [2.24, 2.45) is 11.8 Å². The number of aromatic nitrogens is 2. The van der Waals surface area contributed by atoms with Crippen LogP contribution < -0.4 is 5.32 Å². The third kappa shape index (κ3) is 9.93. The Morgan fingerprint density at radius 3 is 2.35 bits per heavy atom. The number of carbonyl (C=O) groups is 1. The number of rotatable bonds is 15. The van der Waals surface area contributed by atoms with Crippen LogP contribution in [0.4, 0.5) is 5.95 Å². The van der Waals surface area contributed by atoms with Gasteiger partial charge in [0.25, 0.3) is 0 Å². The predicted molar refractivity (Wildman–Crippen MR) is 156 cm³/mol. The molecule has 2 aromatic rings. The molecule has 1 aliphatic rings. The molecule has 0 atom stereocenters. The fourth-order valence-corrected chi connectivity index (χ4v) is 5.07. The number of imidazole rings is 1. The number of benzene rings is 1. The number of aryl methyl sites for hydroxylation is 1. The van der Waals surface area contributed by atoms with Crippen LogP contribution in [0.1, 0.15) is 79.6 Å². The molecule has 1 fully saturated rings. The highest BCUT2D eigenvalue weighted by Crippen LogP contribution is 2.23. The molecule has 7 nitrogen and oxygen atoms in total. The average molecular weight is 516 g/mol. The fourth-order valence-electron chi connectivity index (χ4n) is 5.07. The van der Waals surface area contributed by atoms with Crippen molar-refractivity contribution in [2.45, 2.75) is 85.7 Å². The average Bonchev–Trinajstić information content (AvgIpc) is 3.02. The number of nitrogens with one attached hydrogen (secondary N) is 1. The Kier molecular flexibility index (Phi) is 12.2. The molecule has 1 aromatic heterocycles. The molecule has 1 aliphatic heterocycles. The van der Waals surface area contributed by atoms with Gasteiger partial charge in [0.15, 0.2) is 0 Å². The first-order chi connectivity index (χ1) is 17.9. The van der Waals surface area contributed by atoms with Crippen molar-refractivity contribution in [3.63, 3.8) is 0 Å². The molecule has 0 amide bonds. The number of likely N-dealkylation sites (tertiary alicyclic amines) is 1. The standard InChI is InChI=1S/C30H51N5O2.H2/c1-24(2)13-19-34(20-14-25(3)4)23-26-11-12-27-28(21-26)35(30(32-27)31-22-29(36)37-5)18-10-17-33-15-8-6-7-9-16-33;/h11-12,21,24-25H,6-10,13-20,22-23H2,1-5H3,(H,31,32);1H. The molecule has 0 bridgehead atoms. The number of carbonyl (C=O) groups excluding carboxylic acids is 1. The molecule has 7 heteroatoms. The number of ether oxygens (including phenoxy) is 1. The summed E-state index contributed by atoms with van der Waals surface area (Å²) >= 11 is 0. The summed E-state index contributed by atoms with van der Waals surface area (Å²) < 4.78 is 7.12. The number of nitrogens with zero attached hydrogens (tertiary/aromatic N) is 4. The fraction of sp³-hybridized carbons (Fsp3) is 0.733. The third-order valence-corrected chi connectivity index (χ3v) is 7.44. The van der Waals surface area contributed by atoms with Gasteiger partial charge in [-0.25, -0.2) is 4.98 Å².